The Morgan fingerprint density at radius 3 is 2.50 bits per heavy atom. The van der Waals surface area contributed by atoms with Gasteiger partial charge in [-0.15, -0.1) is 0 Å². The van der Waals surface area contributed by atoms with E-state index in [0.717, 1.165) is 19.3 Å². The zero-order valence-electron chi connectivity index (χ0n) is 11.8. The zero-order chi connectivity index (χ0) is 13.8. The quantitative estimate of drug-likeness (QED) is 0.581. The molecule has 1 aliphatic heterocycles. The maximum atomic E-state index is 12.4. The first-order valence-corrected chi connectivity index (χ1v) is 6.59. The molecular formula is C15H23NO2. The van der Waals surface area contributed by atoms with Gasteiger partial charge >= 0.3 is 0 Å². The summed E-state index contributed by atoms with van der Waals surface area (Å²) in [7, 11) is 0. The van der Waals surface area contributed by atoms with Crippen LogP contribution in [-0.4, -0.2) is 22.7 Å². The summed E-state index contributed by atoms with van der Waals surface area (Å²) >= 11 is 0. The van der Waals surface area contributed by atoms with Crippen LogP contribution in [0.25, 0.3) is 0 Å². The van der Waals surface area contributed by atoms with Crippen LogP contribution in [0.1, 0.15) is 53.4 Å². The van der Waals surface area contributed by atoms with Crippen molar-refractivity contribution in [3.63, 3.8) is 0 Å². The molecule has 0 bridgehead atoms. The van der Waals surface area contributed by atoms with E-state index in [1.807, 2.05) is 20.8 Å². The van der Waals surface area contributed by atoms with Crippen molar-refractivity contribution in [2.24, 2.45) is 10.4 Å². The standard InChI is InChI=1S/C15H23NO2/c1-5-6-7-10-13(17)15(18,14(2,3)4)12-9-8-11-16-12/h8,11,18H,5-7,10H2,1-4H3. The number of hydrogen-bond acceptors (Lipinski definition) is 3. The third kappa shape index (κ3) is 2.80. The summed E-state index contributed by atoms with van der Waals surface area (Å²) in [5.74, 6) is -0.154. The van der Waals surface area contributed by atoms with Gasteiger partial charge in [0.1, 0.15) is 5.70 Å². The highest BCUT2D eigenvalue weighted by atomic mass is 16.3. The normalized spacial score (nSPS) is 17.7. The summed E-state index contributed by atoms with van der Waals surface area (Å²) in [6.45, 7) is 7.65. The van der Waals surface area contributed by atoms with Crippen molar-refractivity contribution in [3.05, 3.63) is 17.5 Å². The molecule has 3 nitrogen and oxygen atoms in total. The van der Waals surface area contributed by atoms with Crippen LogP contribution in [-0.2, 0) is 4.79 Å². The van der Waals surface area contributed by atoms with Crippen molar-refractivity contribution >= 4 is 12.0 Å². The molecule has 0 fully saturated rings. The minimum Gasteiger partial charge on any atom is -0.375 e. The average Bonchev–Trinajstić information content (AvgIpc) is 2.80. The molecule has 1 heterocycles. The van der Waals surface area contributed by atoms with Crippen molar-refractivity contribution in [1.82, 2.24) is 0 Å². The first-order chi connectivity index (χ1) is 8.34. The number of ketones is 1. The Balaban J connectivity index is 2.96. The second-order valence-corrected chi connectivity index (χ2v) is 5.78. The molecule has 0 radical (unpaired) electrons. The van der Waals surface area contributed by atoms with E-state index < -0.39 is 11.0 Å². The van der Waals surface area contributed by atoms with Crippen molar-refractivity contribution in [1.29, 1.82) is 0 Å². The number of unbranched alkanes of at least 4 members (excludes halogenated alkanes) is 2. The lowest BCUT2D eigenvalue weighted by Crippen LogP contribution is -2.51. The number of carbonyl (C=O) groups is 1. The fourth-order valence-electron chi connectivity index (χ4n) is 2.09. The molecule has 0 aromatic carbocycles. The summed E-state index contributed by atoms with van der Waals surface area (Å²) in [6.07, 6.45) is 6.46. The van der Waals surface area contributed by atoms with E-state index in [9.17, 15) is 9.90 Å². The molecule has 0 aromatic heterocycles. The smallest absolute Gasteiger partial charge is 0.176 e. The van der Waals surface area contributed by atoms with Crippen molar-refractivity contribution in [2.45, 2.75) is 59.0 Å². The maximum Gasteiger partial charge on any atom is 0.176 e. The summed E-state index contributed by atoms with van der Waals surface area (Å²) in [6, 6.07) is 0. The van der Waals surface area contributed by atoms with Gasteiger partial charge in [0.25, 0.3) is 0 Å². The van der Waals surface area contributed by atoms with Gasteiger partial charge in [-0.2, -0.15) is 0 Å². The van der Waals surface area contributed by atoms with Gasteiger partial charge in [-0.1, -0.05) is 46.3 Å². The van der Waals surface area contributed by atoms with Crippen LogP contribution < -0.4 is 0 Å². The number of aliphatic imine (C=N–C) groups is 1. The molecule has 1 aliphatic rings. The minimum absolute atomic E-state index is 0.154. The number of nitrogens with zero attached hydrogens (tertiary/aromatic N) is 1. The van der Waals surface area contributed by atoms with E-state index in [4.69, 9.17) is 0 Å². The first kappa shape index (κ1) is 14.9. The molecule has 1 atom stereocenters. The van der Waals surface area contributed by atoms with Crippen LogP contribution in [0.3, 0.4) is 0 Å². The molecule has 1 unspecified atom stereocenters. The van der Waals surface area contributed by atoms with Gasteiger partial charge in [0.15, 0.2) is 11.4 Å². The predicted molar refractivity (Wildman–Crippen MR) is 73.6 cm³/mol. The van der Waals surface area contributed by atoms with Crippen molar-refractivity contribution in [3.8, 4) is 0 Å². The third-order valence-electron chi connectivity index (χ3n) is 3.34. The molecule has 1 N–H and O–H groups in total. The highest BCUT2D eigenvalue weighted by Crippen LogP contribution is 2.39. The van der Waals surface area contributed by atoms with Gasteiger partial charge in [0, 0.05) is 24.1 Å². The molecule has 0 amide bonds. The lowest BCUT2D eigenvalue weighted by Gasteiger charge is -2.38. The van der Waals surface area contributed by atoms with Crippen molar-refractivity contribution in [2.75, 3.05) is 0 Å². The van der Waals surface area contributed by atoms with Crippen LogP contribution in [0.2, 0.25) is 0 Å². The second-order valence-electron chi connectivity index (χ2n) is 5.78. The first-order valence-electron chi connectivity index (χ1n) is 6.59. The second kappa shape index (κ2) is 5.64. The summed E-state index contributed by atoms with van der Waals surface area (Å²) in [5.41, 5.74) is 1.09. The number of aliphatic hydroxyl groups is 1. The average molecular weight is 249 g/mol. The van der Waals surface area contributed by atoms with Gasteiger partial charge in [-0.05, 0) is 6.42 Å². The SMILES string of the molecule is CCCCCC(=O)C(O)(C1=C=CC=N1)C(C)(C)C. The summed E-state index contributed by atoms with van der Waals surface area (Å²) in [5, 5.41) is 10.8. The fourth-order valence-corrected chi connectivity index (χ4v) is 2.09. The lowest BCUT2D eigenvalue weighted by atomic mass is 9.71. The van der Waals surface area contributed by atoms with Gasteiger partial charge < -0.3 is 5.11 Å². The van der Waals surface area contributed by atoms with Crippen LogP contribution >= 0.6 is 0 Å². The predicted octanol–water partition coefficient (Wildman–Crippen LogP) is 3.04. The molecule has 3 heteroatoms. The minimum atomic E-state index is -1.54. The van der Waals surface area contributed by atoms with E-state index in [1.165, 1.54) is 0 Å². The molecular weight excluding hydrogens is 226 g/mol. The highest BCUT2D eigenvalue weighted by molar-refractivity contribution is 5.92. The van der Waals surface area contributed by atoms with E-state index in [0.29, 0.717) is 12.1 Å². The lowest BCUT2D eigenvalue weighted by molar-refractivity contribution is -0.143. The van der Waals surface area contributed by atoms with Gasteiger partial charge in [0.05, 0.1) is 0 Å². The number of hydrogen-bond donors (Lipinski definition) is 1. The number of carbonyl (C=O) groups excluding carboxylic acids is 1. The largest absolute Gasteiger partial charge is 0.375 e. The highest BCUT2D eigenvalue weighted by Gasteiger charge is 2.49. The molecule has 18 heavy (non-hydrogen) atoms. The maximum absolute atomic E-state index is 12.4. The molecule has 100 valence electrons. The Bertz CT molecular complexity index is 409. The van der Waals surface area contributed by atoms with Gasteiger partial charge in [0.2, 0.25) is 0 Å². The van der Waals surface area contributed by atoms with E-state index in [2.05, 4.69) is 17.6 Å². The molecule has 0 aliphatic carbocycles. The summed E-state index contributed by atoms with van der Waals surface area (Å²) in [4.78, 5) is 16.5. The summed E-state index contributed by atoms with van der Waals surface area (Å²) < 4.78 is 0. The van der Waals surface area contributed by atoms with Crippen LogP contribution in [0.15, 0.2) is 22.5 Å². The van der Waals surface area contributed by atoms with Crippen molar-refractivity contribution < 1.29 is 9.90 Å². The number of Topliss-reactive ketones (excluding diaryl/α,β-unsaturated/α-hetero) is 1. The van der Waals surface area contributed by atoms with E-state index in [1.54, 1.807) is 12.3 Å². The molecule has 1 rings (SSSR count). The Morgan fingerprint density at radius 2 is 2.06 bits per heavy atom. The Morgan fingerprint density at radius 1 is 1.39 bits per heavy atom. The fraction of sp³-hybridized carbons (Fsp3) is 0.667. The molecule has 0 aromatic rings. The topological polar surface area (TPSA) is 49.7 Å². The van der Waals surface area contributed by atoms with Gasteiger partial charge in [-0.3, -0.25) is 4.79 Å². The van der Waals surface area contributed by atoms with Gasteiger partial charge in [-0.25, -0.2) is 4.99 Å². The van der Waals surface area contributed by atoms with Crippen LogP contribution in [0.4, 0.5) is 0 Å². The van der Waals surface area contributed by atoms with Crippen LogP contribution in [0, 0.1) is 5.41 Å². The number of rotatable bonds is 6. The molecule has 0 spiro atoms. The third-order valence-corrected chi connectivity index (χ3v) is 3.34. The Kier molecular flexibility index (Phi) is 4.66. The van der Waals surface area contributed by atoms with E-state index >= 15 is 0 Å². The monoisotopic (exact) mass is 249 g/mol. The Hall–Kier alpha value is -1.18. The zero-order valence-corrected chi connectivity index (χ0v) is 11.8. The van der Waals surface area contributed by atoms with E-state index in [-0.39, 0.29) is 5.78 Å². The molecule has 0 saturated heterocycles. The molecule has 0 saturated carbocycles. The Labute approximate surface area is 109 Å². The van der Waals surface area contributed by atoms with Crippen LogP contribution in [0.5, 0.6) is 0 Å².